The minimum absolute atomic E-state index is 0.0594. The summed E-state index contributed by atoms with van der Waals surface area (Å²) >= 11 is 0. The van der Waals surface area contributed by atoms with Gasteiger partial charge in [0, 0.05) is 5.41 Å². The van der Waals surface area contributed by atoms with Gasteiger partial charge >= 0.3 is 0 Å². The number of carbonyl (C=O) groups is 1. The van der Waals surface area contributed by atoms with Gasteiger partial charge in [-0.1, -0.05) is 60.6 Å². The fourth-order valence-corrected chi connectivity index (χ4v) is 1.83. The predicted octanol–water partition coefficient (Wildman–Crippen LogP) is 5.01. The third-order valence-corrected chi connectivity index (χ3v) is 3.22. The highest BCUT2D eigenvalue weighted by Crippen LogP contribution is 2.39. The summed E-state index contributed by atoms with van der Waals surface area (Å²) in [6, 6.07) is 0. The van der Waals surface area contributed by atoms with Crippen molar-refractivity contribution in [2.75, 3.05) is 0 Å². The molecule has 0 saturated carbocycles. The van der Waals surface area contributed by atoms with Crippen molar-refractivity contribution in [2.45, 2.75) is 68.2 Å². The zero-order valence-electron chi connectivity index (χ0n) is 12.5. The summed E-state index contributed by atoms with van der Waals surface area (Å²) < 4.78 is 0. The summed E-state index contributed by atoms with van der Waals surface area (Å²) in [7, 11) is 0. The van der Waals surface area contributed by atoms with Crippen LogP contribution < -0.4 is 0 Å². The molecule has 0 saturated heterocycles. The monoisotopic (exact) mass is 226 g/mol. The number of carbonyl (C=O) groups excluding carboxylic acids is 1. The Bertz CT molecular complexity index is 234. The van der Waals surface area contributed by atoms with Crippen molar-refractivity contribution in [3.8, 4) is 0 Å². The van der Waals surface area contributed by atoms with Crippen LogP contribution in [0.1, 0.15) is 68.2 Å². The Morgan fingerprint density at radius 3 is 1.69 bits per heavy atom. The molecule has 0 fully saturated rings. The second kappa shape index (κ2) is 6.88. The molecule has 0 unspecified atom stereocenters. The van der Waals surface area contributed by atoms with Gasteiger partial charge in [-0.05, 0) is 25.2 Å². The Morgan fingerprint density at radius 1 is 1.06 bits per heavy atom. The Kier molecular flexibility index (Phi) is 7.65. The molecular weight excluding hydrogens is 196 g/mol. The zero-order chi connectivity index (χ0) is 13.6. The van der Waals surface area contributed by atoms with Gasteiger partial charge in [0.1, 0.15) is 5.78 Å². The minimum Gasteiger partial charge on any atom is -0.299 e. The Balaban J connectivity index is 0. The van der Waals surface area contributed by atoms with Crippen LogP contribution in [-0.2, 0) is 4.79 Å². The summed E-state index contributed by atoms with van der Waals surface area (Å²) in [5.41, 5.74) is 1.05. The molecule has 0 bridgehead atoms. The van der Waals surface area contributed by atoms with E-state index in [0.29, 0.717) is 0 Å². The van der Waals surface area contributed by atoms with Crippen LogP contribution in [0.5, 0.6) is 0 Å². The van der Waals surface area contributed by atoms with Crippen LogP contribution in [0.25, 0.3) is 0 Å². The van der Waals surface area contributed by atoms with Crippen LogP contribution in [0.3, 0.4) is 0 Å². The van der Waals surface area contributed by atoms with Crippen LogP contribution in [0, 0.1) is 10.8 Å². The highest BCUT2D eigenvalue weighted by Gasteiger charge is 2.33. The predicted molar refractivity (Wildman–Crippen MR) is 73.6 cm³/mol. The number of allylic oxidation sites excluding steroid dienone is 1. The molecule has 96 valence electrons. The molecule has 0 aromatic carbocycles. The van der Waals surface area contributed by atoms with E-state index in [9.17, 15) is 4.79 Å². The van der Waals surface area contributed by atoms with Crippen molar-refractivity contribution in [3.05, 3.63) is 12.2 Å². The largest absolute Gasteiger partial charge is 0.299 e. The highest BCUT2D eigenvalue weighted by atomic mass is 16.1. The smallest absolute Gasteiger partial charge is 0.135 e. The molecule has 0 aliphatic rings. The molecule has 0 aliphatic carbocycles. The van der Waals surface area contributed by atoms with E-state index in [0.717, 1.165) is 12.8 Å². The minimum atomic E-state index is -0.235. The van der Waals surface area contributed by atoms with E-state index in [-0.39, 0.29) is 16.6 Å². The van der Waals surface area contributed by atoms with Crippen LogP contribution in [0.2, 0.25) is 0 Å². The van der Waals surface area contributed by atoms with Gasteiger partial charge in [0.2, 0.25) is 0 Å². The highest BCUT2D eigenvalue weighted by molar-refractivity contribution is 5.81. The van der Waals surface area contributed by atoms with Crippen LogP contribution in [-0.4, -0.2) is 5.78 Å². The summed E-state index contributed by atoms with van der Waals surface area (Å²) in [6.07, 6.45) is 1.86. The number of hydrogen-bond donors (Lipinski definition) is 0. The van der Waals surface area contributed by atoms with Gasteiger partial charge in [-0.25, -0.2) is 0 Å². The SMILES string of the molecule is C=C(CC)C(C)(C)CC(C)(C)C(C)=O.CC. The fourth-order valence-electron chi connectivity index (χ4n) is 1.83. The molecule has 0 rings (SSSR count). The molecule has 0 N–H and O–H groups in total. The van der Waals surface area contributed by atoms with Gasteiger partial charge in [0.05, 0.1) is 0 Å². The van der Waals surface area contributed by atoms with Crippen molar-refractivity contribution < 1.29 is 4.79 Å². The Morgan fingerprint density at radius 2 is 1.44 bits per heavy atom. The van der Waals surface area contributed by atoms with Gasteiger partial charge in [-0.2, -0.15) is 0 Å². The van der Waals surface area contributed by atoms with Crippen molar-refractivity contribution >= 4 is 5.78 Å². The molecular formula is C15H30O. The van der Waals surface area contributed by atoms with Crippen molar-refractivity contribution in [1.82, 2.24) is 0 Å². The van der Waals surface area contributed by atoms with E-state index in [2.05, 4.69) is 27.4 Å². The molecule has 0 aromatic heterocycles. The quantitative estimate of drug-likeness (QED) is 0.602. The van der Waals surface area contributed by atoms with E-state index >= 15 is 0 Å². The maximum Gasteiger partial charge on any atom is 0.135 e. The molecule has 0 aliphatic heterocycles. The lowest BCUT2D eigenvalue weighted by Gasteiger charge is -2.34. The number of ketones is 1. The first-order valence-electron chi connectivity index (χ1n) is 6.33. The van der Waals surface area contributed by atoms with E-state index in [1.807, 2.05) is 27.7 Å². The summed E-state index contributed by atoms with van der Waals surface area (Å²) in [5.74, 6) is 0.259. The molecule has 1 heteroatoms. The first-order valence-corrected chi connectivity index (χ1v) is 6.33. The average molecular weight is 226 g/mol. The van der Waals surface area contributed by atoms with Gasteiger partial charge < -0.3 is 0 Å². The third kappa shape index (κ3) is 5.48. The summed E-state index contributed by atoms with van der Waals surface area (Å²) in [5, 5.41) is 0. The van der Waals surface area contributed by atoms with Crippen LogP contribution in [0.15, 0.2) is 12.2 Å². The standard InChI is InChI=1S/C13H24O.C2H6/c1-8-10(2)12(4,5)9-13(6,7)11(3)14;1-2/h2,8-9H2,1,3-7H3;1-2H3. The first kappa shape index (κ1) is 17.8. The van der Waals surface area contributed by atoms with E-state index in [4.69, 9.17) is 0 Å². The van der Waals surface area contributed by atoms with E-state index in [1.165, 1.54) is 5.57 Å². The topological polar surface area (TPSA) is 17.1 Å². The molecule has 1 nitrogen and oxygen atoms in total. The summed E-state index contributed by atoms with van der Waals surface area (Å²) in [4.78, 5) is 11.4. The maximum atomic E-state index is 11.4. The number of rotatable bonds is 5. The second-order valence-electron chi connectivity index (χ2n) is 5.46. The maximum absolute atomic E-state index is 11.4. The third-order valence-electron chi connectivity index (χ3n) is 3.22. The lowest BCUT2D eigenvalue weighted by atomic mass is 9.69. The molecule has 0 heterocycles. The molecule has 0 atom stereocenters. The van der Waals surface area contributed by atoms with Crippen molar-refractivity contribution in [1.29, 1.82) is 0 Å². The van der Waals surface area contributed by atoms with E-state index in [1.54, 1.807) is 6.92 Å². The lowest BCUT2D eigenvalue weighted by molar-refractivity contribution is -0.126. The Labute approximate surface area is 102 Å². The second-order valence-corrected chi connectivity index (χ2v) is 5.46. The number of hydrogen-bond acceptors (Lipinski definition) is 1. The summed E-state index contributed by atoms with van der Waals surface area (Å²) in [6.45, 7) is 20.2. The first-order chi connectivity index (χ1) is 7.13. The molecule has 0 spiro atoms. The zero-order valence-corrected chi connectivity index (χ0v) is 12.5. The van der Waals surface area contributed by atoms with Crippen molar-refractivity contribution in [2.24, 2.45) is 10.8 Å². The number of Topliss-reactive ketones (excluding diaryl/α,β-unsaturated/α-hetero) is 1. The molecule has 0 amide bonds. The Hall–Kier alpha value is -0.590. The van der Waals surface area contributed by atoms with Gasteiger partial charge in [-0.3, -0.25) is 4.79 Å². The normalized spacial score (nSPS) is 11.5. The molecule has 0 aromatic rings. The molecule has 16 heavy (non-hydrogen) atoms. The van der Waals surface area contributed by atoms with Gasteiger partial charge in [-0.15, -0.1) is 0 Å². The van der Waals surface area contributed by atoms with E-state index < -0.39 is 0 Å². The average Bonchev–Trinajstić information content (AvgIpc) is 2.17. The van der Waals surface area contributed by atoms with Crippen LogP contribution >= 0.6 is 0 Å². The van der Waals surface area contributed by atoms with Gasteiger partial charge in [0.15, 0.2) is 0 Å². The van der Waals surface area contributed by atoms with Crippen LogP contribution in [0.4, 0.5) is 0 Å². The van der Waals surface area contributed by atoms with Crippen molar-refractivity contribution in [3.63, 3.8) is 0 Å². The van der Waals surface area contributed by atoms with Gasteiger partial charge in [0.25, 0.3) is 0 Å². The lowest BCUT2D eigenvalue weighted by Crippen LogP contribution is -2.29. The fraction of sp³-hybridized carbons (Fsp3) is 0.800. The molecule has 0 radical (unpaired) electrons.